The maximum absolute atomic E-state index is 12.4. The van der Waals surface area contributed by atoms with Crippen molar-refractivity contribution in [1.82, 2.24) is 15.5 Å². The van der Waals surface area contributed by atoms with Gasteiger partial charge in [0.1, 0.15) is 5.60 Å². The van der Waals surface area contributed by atoms with Crippen LogP contribution < -0.4 is 16.0 Å². The predicted octanol–water partition coefficient (Wildman–Crippen LogP) is 3.23. The molecule has 2 aromatic rings. The van der Waals surface area contributed by atoms with Crippen molar-refractivity contribution in [2.75, 3.05) is 18.4 Å². The average Bonchev–Trinajstić information content (AvgIpc) is 3.07. The first-order valence-corrected chi connectivity index (χ1v) is 12.1. The quantitative estimate of drug-likeness (QED) is 0.422. The second-order valence-electron chi connectivity index (χ2n) is 9.62. The number of benzene rings is 2. The zero-order valence-corrected chi connectivity index (χ0v) is 21.3. The highest BCUT2D eigenvalue weighted by atomic mass is 16.6. The third-order valence-corrected chi connectivity index (χ3v) is 5.38. The van der Waals surface area contributed by atoms with E-state index in [0.717, 1.165) is 5.56 Å². The standard InChI is InChI=1S/C27H32N4O6/c1-27(2,3)37-26(36)28-14-13-23(33)30-19-9-6-8-18(16-19)17-29-22(32)12-7-15-31-24(34)20-10-4-5-11-21(20)25(31)35/h4-6,8-11,16H,7,12-15,17H2,1-3H3,(H,28,36)(H,29,32)(H,30,33). The highest BCUT2D eigenvalue weighted by molar-refractivity contribution is 6.21. The summed E-state index contributed by atoms with van der Waals surface area (Å²) in [6.45, 7) is 5.84. The molecule has 0 spiro atoms. The number of alkyl carbamates (subject to hydrolysis) is 1. The van der Waals surface area contributed by atoms with Crippen LogP contribution in [0.1, 0.15) is 66.3 Å². The minimum Gasteiger partial charge on any atom is -0.444 e. The summed E-state index contributed by atoms with van der Waals surface area (Å²) in [5, 5.41) is 8.10. The number of ether oxygens (including phenoxy) is 1. The number of amides is 5. The lowest BCUT2D eigenvalue weighted by molar-refractivity contribution is -0.121. The van der Waals surface area contributed by atoms with Crippen molar-refractivity contribution >= 4 is 35.4 Å². The molecule has 0 atom stereocenters. The van der Waals surface area contributed by atoms with Gasteiger partial charge in [0.2, 0.25) is 11.8 Å². The van der Waals surface area contributed by atoms with Crippen molar-refractivity contribution < 1.29 is 28.7 Å². The van der Waals surface area contributed by atoms with E-state index < -0.39 is 11.7 Å². The summed E-state index contributed by atoms with van der Waals surface area (Å²) in [5.74, 6) is -1.15. The van der Waals surface area contributed by atoms with Gasteiger partial charge in [0.05, 0.1) is 11.1 Å². The predicted molar refractivity (Wildman–Crippen MR) is 137 cm³/mol. The van der Waals surface area contributed by atoms with Crippen LogP contribution in [0.15, 0.2) is 48.5 Å². The second kappa shape index (κ2) is 12.2. The lowest BCUT2D eigenvalue weighted by atomic mass is 10.1. The number of fused-ring (bicyclic) bond motifs is 1. The molecule has 0 aromatic heterocycles. The second-order valence-corrected chi connectivity index (χ2v) is 9.62. The smallest absolute Gasteiger partial charge is 0.407 e. The number of hydrogen-bond acceptors (Lipinski definition) is 6. The van der Waals surface area contributed by atoms with Gasteiger partial charge in [0.25, 0.3) is 11.8 Å². The molecule has 0 unspecified atom stereocenters. The Bertz CT molecular complexity index is 1150. The Morgan fingerprint density at radius 1 is 0.865 bits per heavy atom. The molecule has 2 aromatic carbocycles. The Morgan fingerprint density at radius 2 is 1.54 bits per heavy atom. The third-order valence-electron chi connectivity index (χ3n) is 5.38. The van der Waals surface area contributed by atoms with E-state index in [1.54, 1.807) is 63.2 Å². The lowest BCUT2D eigenvalue weighted by Gasteiger charge is -2.19. The van der Waals surface area contributed by atoms with Crippen molar-refractivity contribution in [1.29, 1.82) is 0 Å². The van der Waals surface area contributed by atoms with Gasteiger partial charge in [-0.2, -0.15) is 0 Å². The Morgan fingerprint density at radius 3 is 2.19 bits per heavy atom. The molecular weight excluding hydrogens is 476 g/mol. The highest BCUT2D eigenvalue weighted by Gasteiger charge is 2.34. The molecule has 0 bridgehead atoms. The van der Waals surface area contributed by atoms with Crippen molar-refractivity contribution in [3.63, 3.8) is 0 Å². The van der Waals surface area contributed by atoms with Crippen molar-refractivity contribution in [2.24, 2.45) is 0 Å². The zero-order valence-electron chi connectivity index (χ0n) is 21.3. The number of imide groups is 1. The van der Waals surface area contributed by atoms with Crippen LogP contribution in [0, 0.1) is 0 Å². The monoisotopic (exact) mass is 508 g/mol. The van der Waals surface area contributed by atoms with Crippen LogP contribution >= 0.6 is 0 Å². The van der Waals surface area contributed by atoms with Crippen LogP contribution in [0.3, 0.4) is 0 Å². The highest BCUT2D eigenvalue weighted by Crippen LogP contribution is 2.22. The molecule has 0 radical (unpaired) electrons. The van der Waals surface area contributed by atoms with Gasteiger partial charge in [0, 0.05) is 38.2 Å². The van der Waals surface area contributed by atoms with Crippen LogP contribution in [0.2, 0.25) is 0 Å². The van der Waals surface area contributed by atoms with Crippen LogP contribution in [0.4, 0.5) is 10.5 Å². The molecule has 0 fully saturated rings. The van der Waals surface area contributed by atoms with Gasteiger partial charge >= 0.3 is 6.09 Å². The molecule has 5 amide bonds. The van der Waals surface area contributed by atoms with E-state index in [4.69, 9.17) is 4.74 Å². The summed E-state index contributed by atoms with van der Waals surface area (Å²) in [6.07, 6.45) is 0.00810. The van der Waals surface area contributed by atoms with E-state index in [1.807, 2.05) is 6.07 Å². The first-order valence-electron chi connectivity index (χ1n) is 12.1. The first-order chi connectivity index (χ1) is 17.5. The van der Waals surface area contributed by atoms with Crippen molar-refractivity contribution in [3.8, 4) is 0 Å². The molecule has 10 heteroatoms. The van der Waals surface area contributed by atoms with Crippen molar-refractivity contribution in [3.05, 3.63) is 65.2 Å². The molecule has 0 saturated heterocycles. The van der Waals surface area contributed by atoms with E-state index in [2.05, 4.69) is 16.0 Å². The van der Waals surface area contributed by atoms with Crippen molar-refractivity contribution in [2.45, 2.75) is 52.2 Å². The zero-order chi connectivity index (χ0) is 27.0. The summed E-state index contributed by atoms with van der Waals surface area (Å²) in [4.78, 5) is 62.1. The van der Waals surface area contributed by atoms with Gasteiger partial charge in [-0.25, -0.2) is 4.79 Å². The first kappa shape index (κ1) is 27.4. The fourth-order valence-electron chi connectivity index (χ4n) is 3.70. The number of rotatable bonds is 10. The molecule has 1 heterocycles. The number of carbonyl (C=O) groups is 5. The Kier molecular flexibility index (Phi) is 9.00. The number of hydrogen-bond donors (Lipinski definition) is 3. The Labute approximate surface area is 215 Å². The fraction of sp³-hybridized carbons (Fsp3) is 0.370. The van der Waals surface area contributed by atoms with Crippen LogP contribution in [-0.4, -0.2) is 53.3 Å². The molecule has 1 aliphatic rings. The molecule has 10 nitrogen and oxygen atoms in total. The molecule has 3 N–H and O–H groups in total. The van der Waals surface area contributed by atoms with Gasteiger partial charge in [-0.3, -0.25) is 24.1 Å². The van der Waals surface area contributed by atoms with Gasteiger partial charge in [-0.15, -0.1) is 0 Å². The summed E-state index contributed by atoms with van der Waals surface area (Å²) >= 11 is 0. The Hall–Kier alpha value is -4.21. The molecule has 3 rings (SSSR count). The lowest BCUT2D eigenvalue weighted by Crippen LogP contribution is -2.34. The van der Waals surface area contributed by atoms with Crippen LogP contribution in [0.25, 0.3) is 0 Å². The largest absolute Gasteiger partial charge is 0.444 e. The average molecular weight is 509 g/mol. The number of anilines is 1. The number of nitrogens with zero attached hydrogens (tertiary/aromatic N) is 1. The normalized spacial score (nSPS) is 12.7. The van der Waals surface area contributed by atoms with Gasteiger partial charge < -0.3 is 20.7 Å². The fourth-order valence-corrected chi connectivity index (χ4v) is 3.70. The van der Waals surface area contributed by atoms with E-state index in [-0.39, 0.29) is 56.1 Å². The number of nitrogens with one attached hydrogen (secondary N) is 3. The Balaban J connectivity index is 1.37. The third kappa shape index (κ3) is 8.16. The minimum absolute atomic E-state index is 0.0767. The molecule has 196 valence electrons. The summed E-state index contributed by atoms with van der Waals surface area (Å²) < 4.78 is 5.12. The molecule has 37 heavy (non-hydrogen) atoms. The maximum Gasteiger partial charge on any atom is 0.407 e. The summed E-state index contributed by atoms with van der Waals surface area (Å²) in [6, 6.07) is 13.7. The maximum atomic E-state index is 12.4. The van der Waals surface area contributed by atoms with Gasteiger partial charge in [-0.1, -0.05) is 24.3 Å². The summed E-state index contributed by atoms with van der Waals surface area (Å²) in [5.41, 5.74) is 1.53. The molecular formula is C27H32N4O6. The summed E-state index contributed by atoms with van der Waals surface area (Å²) in [7, 11) is 0. The molecule has 1 aliphatic heterocycles. The van der Waals surface area contributed by atoms with E-state index >= 15 is 0 Å². The van der Waals surface area contributed by atoms with Crippen LogP contribution in [-0.2, 0) is 20.9 Å². The molecule has 0 aliphatic carbocycles. The molecule has 0 saturated carbocycles. The van der Waals surface area contributed by atoms with E-state index in [9.17, 15) is 24.0 Å². The van der Waals surface area contributed by atoms with E-state index in [0.29, 0.717) is 23.2 Å². The van der Waals surface area contributed by atoms with Gasteiger partial charge in [0.15, 0.2) is 0 Å². The van der Waals surface area contributed by atoms with Crippen LogP contribution in [0.5, 0.6) is 0 Å². The topological polar surface area (TPSA) is 134 Å². The SMILES string of the molecule is CC(C)(C)OC(=O)NCCC(=O)Nc1cccc(CNC(=O)CCCN2C(=O)c3ccccc3C2=O)c1. The van der Waals surface area contributed by atoms with Gasteiger partial charge in [-0.05, 0) is 57.0 Å². The number of carbonyl (C=O) groups excluding carboxylic acids is 5. The van der Waals surface area contributed by atoms with E-state index in [1.165, 1.54) is 4.90 Å². The minimum atomic E-state index is -0.610.